The fraction of sp³-hybridized carbons (Fsp3) is 0.810. The maximum absolute atomic E-state index is 13.3. The van der Waals surface area contributed by atoms with Gasteiger partial charge >= 0.3 is 6.09 Å². The van der Waals surface area contributed by atoms with E-state index < -0.39 is 24.0 Å². The van der Waals surface area contributed by atoms with Gasteiger partial charge < -0.3 is 14.5 Å². The number of likely N-dealkylation sites (tertiary alicyclic amines) is 2. The second kappa shape index (κ2) is 10.9. The van der Waals surface area contributed by atoms with Gasteiger partial charge in [0.15, 0.2) is 0 Å². The molecule has 10 heteroatoms. The molecule has 174 valence electrons. The van der Waals surface area contributed by atoms with E-state index in [1.165, 1.54) is 4.90 Å². The molecule has 3 aliphatic rings. The molecule has 1 unspecified atom stereocenters. The zero-order chi connectivity index (χ0) is 22.4. The number of carbonyl (C=O) groups excluding carboxylic acids is 4. The number of alkyl carbamates (subject to hydrolysis) is 1. The smallest absolute Gasteiger partial charge is 0.414 e. The molecule has 0 bridgehead atoms. The molecular weight excluding hydrogens is 404 g/mol. The summed E-state index contributed by atoms with van der Waals surface area (Å²) in [6, 6.07) is -0.749. The predicted octanol–water partition coefficient (Wildman–Crippen LogP) is 0.978. The minimum atomic E-state index is -0.783. The summed E-state index contributed by atoms with van der Waals surface area (Å²) >= 11 is 0. The van der Waals surface area contributed by atoms with Gasteiger partial charge in [0.25, 0.3) is 5.91 Å². The molecule has 2 N–H and O–H groups in total. The number of ether oxygens (including phenoxy) is 1. The highest BCUT2D eigenvalue weighted by atomic mass is 16.6. The minimum absolute atomic E-state index is 0.0963. The van der Waals surface area contributed by atoms with E-state index in [-0.39, 0.29) is 18.6 Å². The Morgan fingerprint density at radius 1 is 1.16 bits per heavy atom. The second-order valence-electron chi connectivity index (χ2n) is 9.07. The lowest BCUT2D eigenvalue weighted by molar-refractivity contribution is -0.158. The number of amides is 4. The van der Waals surface area contributed by atoms with Gasteiger partial charge in [-0.05, 0) is 38.6 Å². The molecule has 4 amide bonds. The van der Waals surface area contributed by atoms with Crippen molar-refractivity contribution in [2.24, 2.45) is 11.8 Å². The van der Waals surface area contributed by atoms with Gasteiger partial charge in [-0.3, -0.25) is 24.9 Å². The van der Waals surface area contributed by atoms with Crippen molar-refractivity contribution in [1.82, 2.24) is 20.2 Å². The van der Waals surface area contributed by atoms with E-state index in [0.29, 0.717) is 49.7 Å². The molecule has 3 rings (SSSR count). The van der Waals surface area contributed by atoms with E-state index in [9.17, 15) is 24.4 Å². The Labute approximate surface area is 182 Å². The maximum Gasteiger partial charge on any atom is 0.414 e. The van der Waals surface area contributed by atoms with Crippen LogP contribution in [0, 0.1) is 11.8 Å². The summed E-state index contributed by atoms with van der Waals surface area (Å²) in [6.45, 7) is 1.78. The van der Waals surface area contributed by atoms with Crippen LogP contribution in [0.15, 0.2) is 0 Å². The number of hydroxylamine groups is 2. The lowest BCUT2D eigenvalue weighted by Gasteiger charge is -2.30. The average Bonchev–Trinajstić information content (AvgIpc) is 3.48. The normalized spacial score (nSPS) is 25.4. The Morgan fingerprint density at radius 3 is 2.55 bits per heavy atom. The minimum Gasteiger partial charge on any atom is -0.445 e. The van der Waals surface area contributed by atoms with Crippen LogP contribution in [0.1, 0.15) is 51.4 Å². The number of hydrogen-bond donors (Lipinski definition) is 2. The van der Waals surface area contributed by atoms with Crippen molar-refractivity contribution < 1.29 is 29.1 Å². The Morgan fingerprint density at radius 2 is 1.90 bits per heavy atom. The van der Waals surface area contributed by atoms with E-state index >= 15 is 0 Å². The second-order valence-corrected chi connectivity index (χ2v) is 9.07. The molecule has 2 heterocycles. The quantitative estimate of drug-likeness (QED) is 0.329. The van der Waals surface area contributed by atoms with Crippen molar-refractivity contribution in [2.45, 2.75) is 63.5 Å². The van der Waals surface area contributed by atoms with Gasteiger partial charge in [-0.1, -0.05) is 25.7 Å². The summed E-state index contributed by atoms with van der Waals surface area (Å²) in [5, 5.41) is 12.5. The van der Waals surface area contributed by atoms with Gasteiger partial charge in [0.1, 0.15) is 12.1 Å². The molecule has 3 atom stereocenters. The highest BCUT2D eigenvalue weighted by Gasteiger charge is 2.39. The van der Waals surface area contributed by atoms with Gasteiger partial charge in [-0.15, -0.1) is 0 Å². The van der Waals surface area contributed by atoms with E-state index in [0.717, 1.165) is 38.6 Å². The molecular formula is C21H34N4O6. The molecule has 0 spiro atoms. The third-order valence-corrected chi connectivity index (χ3v) is 6.66. The molecule has 1 saturated carbocycles. The van der Waals surface area contributed by atoms with Crippen LogP contribution in [0.2, 0.25) is 0 Å². The molecule has 2 aliphatic heterocycles. The summed E-state index contributed by atoms with van der Waals surface area (Å²) in [5.74, 6) is -0.995. The van der Waals surface area contributed by atoms with Crippen molar-refractivity contribution >= 4 is 24.3 Å². The Bertz CT molecular complexity index is 668. The van der Waals surface area contributed by atoms with E-state index in [2.05, 4.69) is 5.32 Å². The summed E-state index contributed by atoms with van der Waals surface area (Å²) in [5.41, 5.74) is 0. The summed E-state index contributed by atoms with van der Waals surface area (Å²) in [4.78, 5) is 52.6. The standard InChI is InChI=1S/C21H34N4O6/c1-23-10-8-17(13-23)31-21(29)22-19(27)18-7-4-9-25(18)20(28)16(12-24(30)14-26)11-15-5-2-3-6-15/h14-18,30H,2-13H2,1H3,(H,22,27,29)/t16-,17?,18+/m1/s1. The molecule has 0 radical (unpaired) electrons. The van der Waals surface area contributed by atoms with Crippen LogP contribution >= 0.6 is 0 Å². The van der Waals surface area contributed by atoms with Crippen molar-refractivity contribution in [1.29, 1.82) is 0 Å². The zero-order valence-electron chi connectivity index (χ0n) is 18.2. The Hall–Kier alpha value is -2.20. The van der Waals surface area contributed by atoms with Crippen LogP contribution in [0.25, 0.3) is 0 Å². The molecule has 3 fully saturated rings. The van der Waals surface area contributed by atoms with Crippen molar-refractivity contribution in [3.8, 4) is 0 Å². The van der Waals surface area contributed by atoms with Gasteiger partial charge in [0.05, 0.1) is 12.5 Å². The lowest BCUT2D eigenvalue weighted by atomic mass is 9.91. The van der Waals surface area contributed by atoms with E-state index in [4.69, 9.17) is 4.74 Å². The molecule has 1 aliphatic carbocycles. The first-order valence-electron chi connectivity index (χ1n) is 11.3. The van der Waals surface area contributed by atoms with Crippen LogP contribution in [0.3, 0.4) is 0 Å². The van der Waals surface area contributed by atoms with Crippen LogP contribution in [0.5, 0.6) is 0 Å². The van der Waals surface area contributed by atoms with Gasteiger partial charge in [0.2, 0.25) is 12.3 Å². The largest absolute Gasteiger partial charge is 0.445 e. The van der Waals surface area contributed by atoms with Gasteiger partial charge in [0, 0.05) is 19.6 Å². The maximum atomic E-state index is 13.3. The zero-order valence-corrected chi connectivity index (χ0v) is 18.2. The first-order valence-corrected chi connectivity index (χ1v) is 11.3. The number of likely N-dealkylation sites (N-methyl/N-ethyl adjacent to an activating group) is 1. The molecule has 2 saturated heterocycles. The number of nitrogens with one attached hydrogen (secondary N) is 1. The van der Waals surface area contributed by atoms with Crippen molar-refractivity contribution in [3.63, 3.8) is 0 Å². The Kier molecular flexibility index (Phi) is 8.25. The topological polar surface area (TPSA) is 119 Å². The lowest BCUT2D eigenvalue weighted by Crippen LogP contribution is -2.51. The number of hydrogen-bond acceptors (Lipinski definition) is 7. The number of imide groups is 1. The third kappa shape index (κ3) is 6.39. The van der Waals surface area contributed by atoms with Crippen LogP contribution in [-0.2, 0) is 19.1 Å². The molecule has 0 aromatic rings. The molecule has 0 aromatic heterocycles. The SMILES string of the molecule is CN1CCC(OC(=O)NC(=O)[C@@H]2CCCN2C(=O)[C@H](CC2CCCC2)CN(O)C=O)C1. The van der Waals surface area contributed by atoms with Gasteiger partial charge in [-0.25, -0.2) is 9.86 Å². The van der Waals surface area contributed by atoms with Crippen molar-refractivity contribution in [3.05, 3.63) is 0 Å². The van der Waals surface area contributed by atoms with E-state index in [1.807, 2.05) is 11.9 Å². The third-order valence-electron chi connectivity index (χ3n) is 6.66. The fourth-order valence-electron chi connectivity index (χ4n) is 5.06. The molecule has 0 aromatic carbocycles. The number of rotatable bonds is 8. The summed E-state index contributed by atoms with van der Waals surface area (Å²) in [7, 11) is 1.94. The fourth-order valence-corrected chi connectivity index (χ4v) is 5.06. The predicted molar refractivity (Wildman–Crippen MR) is 110 cm³/mol. The Balaban J connectivity index is 1.59. The highest BCUT2D eigenvalue weighted by molar-refractivity contribution is 5.97. The van der Waals surface area contributed by atoms with E-state index in [1.54, 1.807) is 0 Å². The average molecular weight is 439 g/mol. The highest BCUT2D eigenvalue weighted by Crippen LogP contribution is 2.32. The van der Waals surface area contributed by atoms with Crippen LogP contribution in [-0.4, -0.2) is 89.8 Å². The number of carbonyl (C=O) groups is 4. The monoisotopic (exact) mass is 438 g/mol. The van der Waals surface area contributed by atoms with Crippen molar-refractivity contribution in [2.75, 3.05) is 33.2 Å². The first kappa shape index (κ1) is 23.5. The number of nitrogens with zero attached hydrogens (tertiary/aromatic N) is 3. The molecule has 10 nitrogen and oxygen atoms in total. The summed E-state index contributed by atoms with van der Waals surface area (Å²) < 4.78 is 5.32. The molecule has 31 heavy (non-hydrogen) atoms. The first-order chi connectivity index (χ1) is 14.9. The van der Waals surface area contributed by atoms with Crippen LogP contribution in [0.4, 0.5) is 4.79 Å². The van der Waals surface area contributed by atoms with Gasteiger partial charge in [-0.2, -0.15) is 0 Å². The summed E-state index contributed by atoms with van der Waals surface area (Å²) in [6.07, 6.45) is 5.98. The van der Waals surface area contributed by atoms with Crippen LogP contribution < -0.4 is 5.32 Å².